The second-order valence-electron chi connectivity index (χ2n) is 2.62. The Morgan fingerprint density at radius 2 is 0.875 bits per heavy atom. The van der Waals surface area contributed by atoms with E-state index in [0.29, 0.717) is 4.90 Å². The van der Waals surface area contributed by atoms with Gasteiger partial charge in [0.1, 0.15) is 5.75 Å². The molecule has 14 heteroatoms. The van der Waals surface area contributed by atoms with Crippen molar-refractivity contribution in [1.29, 1.82) is 0 Å². The van der Waals surface area contributed by atoms with E-state index in [1.54, 1.807) is 18.2 Å². The predicted molar refractivity (Wildman–Crippen MR) is 103 cm³/mol. The minimum Gasteiger partial charge on any atom is -0.507 e. The number of carboxylic acid groups (broad SMARTS) is 4. The van der Waals surface area contributed by atoms with Crippen LogP contribution in [0.4, 0.5) is 19.2 Å². The molecule has 0 heterocycles. The summed E-state index contributed by atoms with van der Waals surface area (Å²) < 4.78 is 0. The van der Waals surface area contributed by atoms with Crippen LogP contribution in [0.1, 0.15) is 0 Å². The average Bonchev–Trinajstić information content (AvgIpc) is 2.30. The highest BCUT2D eigenvalue weighted by Crippen LogP contribution is 2.18. The Kier molecular flexibility index (Phi) is 27.5. The van der Waals surface area contributed by atoms with Gasteiger partial charge in [-0.1, -0.05) is 62.6 Å². The van der Waals surface area contributed by atoms with Crippen LogP contribution >= 0.6 is 63.1 Å². The van der Waals surface area contributed by atoms with Gasteiger partial charge >= 0.3 is 21.2 Å². The topological polar surface area (TPSA) is 169 Å². The minimum atomic E-state index is -1.14. The van der Waals surface area contributed by atoms with E-state index in [2.05, 4.69) is 63.1 Å². The van der Waals surface area contributed by atoms with Gasteiger partial charge in [-0.05, 0) is 12.1 Å². The van der Waals surface area contributed by atoms with Gasteiger partial charge in [0, 0.05) is 4.90 Å². The SMILES string of the molecule is O=C(O)S.O=C(O)S.O=C(O)S.O=C(O)S.Oc1ccccc1S. The molecule has 1 aromatic carbocycles. The summed E-state index contributed by atoms with van der Waals surface area (Å²) in [6.45, 7) is 0. The maximum atomic E-state index is 8.86. The van der Waals surface area contributed by atoms with Crippen molar-refractivity contribution in [3.05, 3.63) is 24.3 Å². The fourth-order valence-corrected chi connectivity index (χ4v) is 0.625. The van der Waals surface area contributed by atoms with Gasteiger partial charge < -0.3 is 25.5 Å². The zero-order chi connectivity index (χ0) is 20.3. The number of hydrogen-bond acceptors (Lipinski definition) is 6. The maximum absolute atomic E-state index is 8.86. The van der Waals surface area contributed by atoms with Crippen LogP contribution in [-0.2, 0) is 0 Å². The summed E-state index contributed by atoms with van der Waals surface area (Å²) in [5.41, 5.74) is 0. The number of aromatic hydroxyl groups is 1. The van der Waals surface area contributed by atoms with Crippen molar-refractivity contribution in [2.45, 2.75) is 4.90 Å². The van der Waals surface area contributed by atoms with Crippen molar-refractivity contribution in [2.75, 3.05) is 0 Å². The van der Waals surface area contributed by atoms with E-state index in [9.17, 15) is 0 Å². The molecule has 1 rings (SSSR count). The highest BCUT2D eigenvalue weighted by atomic mass is 32.1. The number of hydrogen-bond donors (Lipinski definition) is 10. The van der Waals surface area contributed by atoms with E-state index >= 15 is 0 Å². The van der Waals surface area contributed by atoms with Crippen molar-refractivity contribution >= 4 is 84.3 Å². The molecule has 0 atom stereocenters. The molecule has 0 aliphatic carbocycles. The summed E-state index contributed by atoms with van der Waals surface area (Å²) in [5, 5.41) is 33.4. The molecule has 0 aliphatic heterocycles. The van der Waals surface area contributed by atoms with Crippen LogP contribution in [-0.4, -0.2) is 46.7 Å². The van der Waals surface area contributed by atoms with E-state index in [4.69, 9.17) is 44.7 Å². The molecule has 0 aliphatic rings. The van der Waals surface area contributed by atoms with Crippen LogP contribution in [0, 0.1) is 0 Å². The highest BCUT2D eigenvalue weighted by Gasteiger charge is 1.88. The molecule has 0 amide bonds. The number of carbonyl (C=O) groups is 4. The van der Waals surface area contributed by atoms with Crippen LogP contribution in [0.3, 0.4) is 0 Å². The molecule has 24 heavy (non-hydrogen) atoms. The fraction of sp³-hybridized carbons (Fsp3) is 0. The van der Waals surface area contributed by atoms with Crippen LogP contribution in [0.5, 0.6) is 5.75 Å². The summed E-state index contributed by atoms with van der Waals surface area (Å²) in [4.78, 5) is 36.1. The van der Waals surface area contributed by atoms with E-state index in [-0.39, 0.29) is 5.75 Å². The molecule has 0 spiro atoms. The molecule has 5 N–H and O–H groups in total. The van der Waals surface area contributed by atoms with Crippen molar-refractivity contribution < 1.29 is 44.7 Å². The molecule has 0 unspecified atom stereocenters. The number of phenols is 1. The summed E-state index contributed by atoms with van der Waals surface area (Å²) in [6.07, 6.45) is 0. The van der Waals surface area contributed by atoms with Gasteiger partial charge in [0.25, 0.3) is 0 Å². The third-order valence-electron chi connectivity index (χ3n) is 0.882. The second-order valence-corrected chi connectivity index (χ2v) is 4.63. The Balaban J connectivity index is -0.000000110. The van der Waals surface area contributed by atoms with Crippen LogP contribution in [0.15, 0.2) is 29.2 Å². The summed E-state index contributed by atoms with van der Waals surface area (Å²) >= 11 is 15.5. The lowest BCUT2D eigenvalue weighted by Gasteiger charge is -1.91. The van der Waals surface area contributed by atoms with Gasteiger partial charge in [0.15, 0.2) is 0 Å². The Morgan fingerprint density at radius 1 is 0.667 bits per heavy atom. The molecule has 0 fully saturated rings. The molecule has 0 aromatic heterocycles. The molecule has 0 saturated heterocycles. The van der Waals surface area contributed by atoms with E-state index in [0.717, 1.165) is 0 Å². The first-order valence-electron chi connectivity index (χ1n) is 4.88. The smallest absolute Gasteiger partial charge is 0.361 e. The molecule has 9 nitrogen and oxygen atoms in total. The minimum absolute atomic E-state index is 0.232. The number of para-hydroxylation sites is 1. The Labute approximate surface area is 163 Å². The Hall–Kier alpha value is -1.35. The summed E-state index contributed by atoms with van der Waals surface area (Å²) in [5.74, 6) is 0.232. The first kappa shape index (κ1) is 30.5. The second kappa shape index (κ2) is 21.6. The molecule has 1 aromatic rings. The van der Waals surface area contributed by atoms with Crippen LogP contribution < -0.4 is 0 Å². The van der Waals surface area contributed by atoms with Gasteiger partial charge in [-0.2, -0.15) is 0 Å². The Morgan fingerprint density at radius 3 is 1.00 bits per heavy atom. The molecule has 138 valence electrons. The third-order valence-corrected chi connectivity index (χ3v) is 1.26. The third kappa shape index (κ3) is 85.6. The lowest BCUT2D eigenvalue weighted by molar-refractivity contribution is 0.221. The molecular weight excluding hydrogens is 424 g/mol. The molecule has 0 radical (unpaired) electrons. The van der Waals surface area contributed by atoms with Gasteiger partial charge in [-0.15, -0.1) is 12.6 Å². The van der Waals surface area contributed by atoms with Gasteiger partial charge in [-0.25, -0.2) is 19.2 Å². The first-order chi connectivity index (χ1) is 10.7. The standard InChI is InChI=1S/C6H6OS.4CH2O2S/c7-5-3-1-2-4-6(5)8;4*2-1(3)4/h1-4,7-8H;4*4H,(H,2,3). The normalized spacial score (nSPS) is 7.21. The van der Waals surface area contributed by atoms with Crippen LogP contribution in [0.2, 0.25) is 0 Å². The quantitative estimate of drug-likeness (QED) is 0.268. The monoisotopic (exact) mass is 438 g/mol. The fourth-order valence-electron chi connectivity index (χ4n) is 0.464. The largest absolute Gasteiger partial charge is 0.507 e. The zero-order valence-electron chi connectivity index (χ0n) is 11.4. The maximum Gasteiger partial charge on any atom is 0.361 e. The number of rotatable bonds is 0. The van der Waals surface area contributed by atoms with Gasteiger partial charge in [0.2, 0.25) is 0 Å². The predicted octanol–water partition coefficient (Wildman–Crippen LogP) is 4.06. The zero-order valence-corrected chi connectivity index (χ0v) is 15.9. The van der Waals surface area contributed by atoms with Crippen molar-refractivity contribution in [1.82, 2.24) is 0 Å². The first-order valence-corrected chi connectivity index (χ1v) is 7.12. The van der Waals surface area contributed by atoms with E-state index in [1.165, 1.54) is 0 Å². The highest BCUT2D eigenvalue weighted by molar-refractivity contribution is 7.96. The van der Waals surface area contributed by atoms with E-state index < -0.39 is 21.2 Å². The number of benzene rings is 1. The number of phenolic OH excluding ortho intramolecular Hbond substituents is 1. The number of thiol groups is 5. The van der Waals surface area contributed by atoms with Crippen LogP contribution in [0.25, 0.3) is 0 Å². The van der Waals surface area contributed by atoms with Crippen molar-refractivity contribution in [3.63, 3.8) is 0 Å². The molecule has 0 bridgehead atoms. The lowest BCUT2D eigenvalue weighted by atomic mass is 10.3. The lowest BCUT2D eigenvalue weighted by Crippen LogP contribution is -1.67. The van der Waals surface area contributed by atoms with Crippen molar-refractivity contribution in [2.24, 2.45) is 0 Å². The molecular formula is C10H14O9S5. The summed E-state index contributed by atoms with van der Waals surface area (Å²) in [6, 6.07) is 6.91. The van der Waals surface area contributed by atoms with E-state index in [1.807, 2.05) is 6.07 Å². The molecule has 0 saturated carbocycles. The summed E-state index contributed by atoms with van der Waals surface area (Å²) in [7, 11) is 0. The van der Waals surface area contributed by atoms with Gasteiger partial charge in [0.05, 0.1) is 0 Å². The van der Waals surface area contributed by atoms with Crippen molar-refractivity contribution in [3.8, 4) is 5.75 Å². The Bertz CT molecular complexity index is 424. The van der Waals surface area contributed by atoms with Gasteiger partial charge in [-0.3, -0.25) is 0 Å². The average molecular weight is 439 g/mol.